The van der Waals surface area contributed by atoms with Crippen molar-refractivity contribution in [3.8, 4) is 0 Å². The van der Waals surface area contributed by atoms with Gasteiger partial charge in [-0.25, -0.2) is 0 Å². The summed E-state index contributed by atoms with van der Waals surface area (Å²) in [6.07, 6.45) is 2.01. The predicted molar refractivity (Wildman–Crippen MR) is 98.8 cm³/mol. The average molecular weight is 357 g/mol. The van der Waals surface area contributed by atoms with Crippen LogP contribution in [-0.4, -0.2) is 24.3 Å². The Morgan fingerprint density at radius 3 is 2.12 bits per heavy atom. The van der Waals surface area contributed by atoms with Crippen molar-refractivity contribution in [3.63, 3.8) is 0 Å². The molecule has 0 aliphatic heterocycles. The highest BCUT2D eigenvalue weighted by molar-refractivity contribution is 5.94. The van der Waals surface area contributed by atoms with Crippen LogP contribution in [0.15, 0.2) is 47.1 Å². The molecular formula is C19H23N3O4. The van der Waals surface area contributed by atoms with E-state index in [0.717, 1.165) is 0 Å². The molecule has 0 radical (unpaired) electrons. The number of anilines is 2. The van der Waals surface area contributed by atoms with Gasteiger partial charge in [-0.3, -0.25) is 14.4 Å². The fraction of sp³-hybridized carbons (Fsp3) is 0.316. The van der Waals surface area contributed by atoms with Crippen molar-refractivity contribution in [2.75, 3.05) is 17.2 Å². The molecule has 3 amide bonds. The molecule has 3 N–H and O–H groups in total. The molecule has 0 aliphatic rings. The number of carbonyl (C=O) groups is 3. The van der Waals surface area contributed by atoms with E-state index in [4.69, 9.17) is 4.42 Å². The first kappa shape index (κ1) is 19.2. The number of benzene rings is 1. The molecule has 7 heteroatoms. The Labute approximate surface area is 152 Å². The predicted octanol–water partition coefficient (Wildman–Crippen LogP) is 3.02. The van der Waals surface area contributed by atoms with Crippen LogP contribution in [0.25, 0.3) is 0 Å². The number of amides is 3. The number of carbonyl (C=O) groups excluding carboxylic acids is 3. The van der Waals surface area contributed by atoms with Gasteiger partial charge >= 0.3 is 0 Å². The van der Waals surface area contributed by atoms with E-state index >= 15 is 0 Å². The van der Waals surface area contributed by atoms with Crippen LogP contribution in [-0.2, 0) is 9.59 Å². The minimum Gasteiger partial charge on any atom is -0.459 e. The van der Waals surface area contributed by atoms with E-state index in [0.29, 0.717) is 23.7 Å². The lowest BCUT2D eigenvalue weighted by atomic mass is 10.1. The van der Waals surface area contributed by atoms with Gasteiger partial charge in [-0.1, -0.05) is 13.8 Å². The van der Waals surface area contributed by atoms with Crippen molar-refractivity contribution < 1.29 is 18.8 Å². The average Bonchev–Trinajstić information content (AvgIpc) is 3.10. The highest BCUT2D eigenvalue weighted by Gasteiger charge is 2.09. The normalized spacial score (nSPS) is 10.4. The van der Waals surface area contributed by atoms with Crippen LogP contribution in [0.3, 0.4) is 0 Å². The summed E-state index contributed by atoms with van der Waals surface area (Å²) in [7, 11) is 0. The van der Waals surface area contributed by atoms with Crippen LogP contribution >= 0.6 is 0 Å². The molecule has 0 aliphatic carbocycles. The van der Waals surface area contributed by atoms with Crippen LogP contribution in [0.1, 0.15) is 37.2 Å². The second-order valence-corrected chi connectivity index (χ2v) is 6.25. The summed E-state index contributed by atoms with van der Waals surface area (Å²) in [5.41, 5.74) is 1.30. The third-order valence-electron chi connectivity index (χ3n) is 3.43. The van der Waals surface area contributed by atoms with Crippen molar-refractivity contribution in [3.05, 3.63) is 48.4 Å². The Morgan fingerprint density at radius 1 is 0.962 bits per heavy atom. The van der Waals surface area contributed by atoms with Crippen LogP contribution in [0, 0.1) is 5.92 Å². The first-order chi connectivity index (χ1) is 12.4. The summed E-state index contributed by atoms with van der Waals surface area (Å²) in [5.74, 6) is -0.114. The van der Waals surface area contributed by atoms with Crippen molar-refractivity contribution in [1.82, 2.24) is 5.32 Å². The van der Waals surface area contributed by atoms with E-state index in [1.165, 1.54) is 6.26 Å². The van der Waals surface area contributed by atoms with E-state index < -0.39 is 0 Å². The molecule has 0 atom stereocenters. The largest absolute Gasteiger partial charge is 0.459 e. The Hall–Kier alpha value is -3.09. The zero-order valence-corrected chi connectivity index (χ0v) is 14.9. The van der Waals surface area contributed by atoms with Gasteiger partial charge in [-0.05, 0) is 42.3 Å². The van der Waals surface area contributed by atoms with Gasteiger partial charge in [-0.2, -0.15) is 0 Å². The maximum atomic E-state index is 11.9. The van der Waals surface area contributed by atoms with Crippen molar-refractivity contribution in [2.24, 2.45) is 5.92 Å². The second-order valence-electron chi connectivity index (χ2n) is 6.25. The Morgan fingerprint density at radius 2 is 1.58 bits per heavy atom. The monoisotopic (exact) mass is 357 g/mol. The van der Waals surface area contributed by atoms with Crippen LogP contribution in [0.5, 0.6) is 0 Å². The number of hydrogen-bond acceptors (Lipinski definition) is 4. The molecule has 0 saturated carbocycles. The van der Waals surface area contributed by atoms with E-state index in [2.05, 4.69) is 16.0 Å². The maximum absolute atomic E-state index is 11.9. The standard InChI is InChI=1S/C19H23N3O4/c1-13(2)12-18(24)22-15-7-5-14(6-8-15)21-17(23)9-10-20-19(25)16-4-3-11-26-16/h3-8,11,13H,9-10,12H2,1-2H3,(H,20,25)(H,21,23)(H,22,24). The first-order valence-electron chi connectivity index (χ1n) is 8.45. The fourth-order valence-corrected chi connectivity index (χ4v) is 2.23. The summed E-state index contributed by atoms with van der Waals surface area (Å²) >= 11 is 0. The van der Waals surface area contributed by atoms with Crippen LogP contribution < -0.4 is 16.0 Å². The summed E-state index contributed by atoms with van der Waals surface area (Å²) in [4.78, 5) is 35.3. The van der Waals surface area contributed by atoms with E-state index in [-0.39, 0.29) is 36.4 Å². The van der Waals surface area contributed by atoms with E-state index in [1.54, 1.807) is 36.4 Å². The Balaban J connectivity index is 1.73. The molecule has 1 aromatic heterocycles. The molecule has 2 aromatic rings. The Kier molecular flexibility index (Phi) is 6.96. The highest BCUT2D eigenvalue weighted by Crippen LogP contribution is 2.14. The fourth-order valence-electron chi connectivity index (χ4n) is 2.23. The van der Waals surface area contributed by atoms with Crippen LogP contribution in [0.4, 0.5) is 11.4 Å². The lowest BCUT2D eigenvalue weighted by Crippen LogP contribution is -2.27. The third kappa shape index (κ3) is 6.43. The summed E-state index contributed by atoms with van der Waals surface area (Å²) < 4.78 is 4.97. The maximum Gasteiger partial charge on any atom is 0.286 e. The first-order valence-corrected chi connectivity index (χ1v) is 8.45. The van der Waals surface area contributed by atoms with Gasteiger partial charge in [0.1, 0.15) is 0 Å². The Bertz CT molecular complexity index is 737. The van der Waals surface area contributed by atoms with E-state index in [1.807, 2.05) is 13.8 Å². The zero-order chi connectivity index (χ0) is 18.9. The minimum absolute atomic E-state index is 0.0379. The molecule has 0 spiro atoms. The van der Waals surface area contributed by atoms with Gasteiger partial charge < -0.3 is 20.4 Å². The molecule has 7 nitrogen and oxygen atoms in total. The number of nitrogens with one attached hydrogen (secondary N) is 3. The number of hydrogen-bond donors (Lipinski definition) is 3. The lowest BCUT2D eigenvalue weighted by Gasteiger charge is -2.09. The molecule has 138 valence electrons. The van der Waals surface area contributed by atoms with Gasteiger partial charge in [0, 0.05) is 30.8 Å². The summed E-state index contributed by atoms with van der Waals surface area (Å²) in [6, 6.07) is 10.1. The van der Waals surface area contributed by atoms with Gasteiger partial charge in [-0.15, -0.1) is 0 Å². The molecule has 1 aromatic carbocycles. The van der Waals surface area contributed by atoms with Crippen molar-refractivity contribution in [1.29, 1.82) is 0 Å². The quantitative estimate of drug-likeness (QED) is 0.676. The number of rotatable bonds is 8. The molecule has 0 fully saturated rings. The molecular weight excluding hydrogens is 334 g/mol. The van der Waals surface area contributed by atoms with Crippen molar-refractivity contribution in [2.45, 2.75) is 26.7 Å². The summed E-state index contributed by atoms with van der Waals surface area (Å²) in [6.45, 7) is 4.17. The molecule has 0 unspecified atom stereocenters. The molecule has 1 heterocycles. The summed E-state index contributed by atoms with van der Waals surface area (Å²) in [5, 5.41) is 8.15. The smallest absolute Gasteiger partial charge is 0.286 e. The van der Waals surface area contributed by atoms with Gasteiger partial charge in [0.05, 0.1) is 6.26 Å². The van der Waals surface area contributed by atoms with Gasteiger partial charge in [0.25, 0.3) is 5.91 Å². The topological polar surface area (TPSA) is 100 Å². The zero-order valence-electron chi connectivity index (χ0n) is 14.9. The van der Waals surface area contributed by atoms with Crippen molar-refractivity contribution >= 4 is 29.1 Å². The highest BCUT2D eigenvalue weighted by atomic mass is 16.3. The molecule has 26 heavy (non-hydrogen) atoms. The van der Waals surface area contributed by atoms with Gasteiger partial charge in [0.15, 0.2) is 5.76 Å². The van der Waals surface area contributed by atoms with Crippen LogP contribution in [0.2, 0.25) is 0 Å². The van der Waals surface area contributed by atoms with E-state index in [9.17, 15) is 14.4 Å². The SMILES string of the molecule is CC(C)CC(=O)Nc1ccc(NC(=O)CCNC(=O)c2ccco2)cc1. The molecule has 0 saturated heterocycles. The molecule has 2 rings (SSSR count). The third-order valence-corrected chi connectivity index (χ3v) is 3.43. The molecule has 0 bridgehead atoms. The number of furan rings is 1. The minimum atomic E-state index is -0.357. The second kappa shape index (κ2) is 9.41. The van der Waals surface area contributed by atoms with Gasteiger partial charge in [0.2, 0.25) is 11.8 Å². The lowest BCUT2D eigenvalue weighted by molar-refractivity contribution is -0.117.